The van der Waals surface area contributed by atoms with E-state index in [1.54, 1.807) is 17.6 Å². The zero-order valence-corrected chi connectivity index (χ0v) is 14.4. The third kappa shape index (κ3) is 3.59. The van der Waals surface area contributed by atoms with Gasteiger partial charge < -0.3 is 14.6 Å². The van der Waals surface area contributed by atoms with Gasteiger partial charge in [-0.1, -0.05) is 6.07 Å². The van der Waals surface area contributed by atoms with Crippen molar-refractivity contribution in [3.63, 3.8) is 0 Å². The Balaban J connectivity index is 1.62. The first-order chi connectivity index (χ1) is 11.2. The summed E-state index contributed by atoms with van der Waals surface area (Å²) in [6.45, 7) is 1.36. The van der Waals surface area contributed by atoms with Gasteiger partial charge in [0, 0.05) is 18.0 Å². The normalized spacial score (nSPS) is 19.3. The average Bonchev–Trinajstić information content (AvgIpc) is 3.27. The van der Waals surface area contributed by atoms with E-state index in [0.29, 0.717) is 6.54 Å². The molecule has 0 bridgehead atoms. The molecule has 3 heterocycles. The summed E-state index contributed by atoms with van der Waals surface area (Å²) in [5.41, 5.74) is 0. The molecule has 1 N–H and O–H groups in total. The molecule has 3 rings (SSSR count). The van der Waals surface area contributed by atoms with Crippen LogP contribution in [0.15, 0.2) is 40.3 Å². The molecule has 0 saturated carbocycles. The molecule has 1 saturated heterocycles. The fourth-order valence-electron chi connectivity index (χ4n) is 3.09. The number of carbonyl (C=O) groups excluding carboxylic acids is 1. The van der Waals surface area contributed by atoms with E-state index in [1.807, 2.05) is 37.2 Å². The standard InChI is InChI=1S/C17H23N3O2S/c1-19(2)14(15-7-4-10-22-15)12-18-17(21)20-9-3-6-13(20)16-8-5-11-23-16/h4-5,7-8,10-11,13-14H,3,6,9,12H2,1-2H3,(H,18,21)/t13-,14+/m1/s1. The van der Waals surface area contributed by atoms with E-state index in [2.05, 4.69) is 21.7 Å². The quantitative estimate of drug-likeness (QED) is 0.911. The Labute approximate surface area is 140 Å². The Morgan fingerprint density at radius 3 is 3.00 bits per heavy atom. The second-order valence-corrected chi connectivity index (χ2v) is 7.03. The smallest absolute Gasteiger partial charge is 0.318 e. The summed E-state index contributed by atoms with van der Waals surface area (Å²) >= 11 is 1.72. The van der Waals surface area contributed by atoms with E-state index in [0.717, 1.165) is 25.1 Å². The predicted octanol–water partition coefficient (Wildman–Crippen LogP) is 3.49. The Morgan fingerprint density at radius 1 is 1.48 bits per heavy atom. The van der Waals surface area contributed by atoms with E-state index in [1.165, 1.54) is 4.88 Å². The molecule has 1 aliphatic heterocycles. The number of urea groups is 1. The van der Waals surface area contributed by atoms with Gasteiger partial charge in [-0.3, -0.25) is 4.90 Å². The molecule has 0 aromatic carbocycles. The SMILES string of the molecule is CN(C)[C@@H](CNC(=O)N1CCC[C@@H]1c1cccs1)c1ccco1. The molecular weight excluding hydrogens is 310 g/mol. The number of nitrogens with zero attached hydrogens (tertiary/aromatic N) is 2. The average molecular weight is 333 g/mol. The minimum absolute atomic E-state index is 0.0132. The molecule has 2 atom stereocenters. The van der Waals surface area contributed by atoms with Crippen molar-refractivity contribution in [2.75, 3.05) is 27.2 Å². The molecule has 2 amide bonds. The van der Waals surface area contributed by atoms with E-state index < -0.39 is 0 Å². The van der Waals surface area contributed by atoms with E-state index >= 15 is 0 Å². The van der Waals surface area contributed by atoms with Gasteiger partial charge in [-0.25, -0.2) is 4.79 Å². The van der Waals surface area contributed by atoms with E-state index in [4.69, 9.17) is 4.42 Å². The molecule has 0 spiro atoms. The van der Waals surface area contributed by atoms with Crippen LogP contribution in [0, 0.1) is 0 Å². The van der Waals surface area contributed by atoms with Gasteiger partial charge in [0.25, 0.3) is 0 Å². The van der Waals surface area contributed by atoms with Crippen LogP contribution in [0.4, 0.5) is 4.79 Å². The van der Waals surface area contributed by atoms with Gasteiger partial charge in [-0.15, -0.1) is 11.3 Å². The Bertz CT molecular complexity index is 610. The van der Waals surface area contributed by atoms with Gasteiger partial charge >= 0.3 is 6.03 Å². The molecule has 6 heteroatoms. The summed E-state index contributed by atoms with van der Waals surface area (Å²) < 4.78 is 5.49. The van der Waals surface area contributed by atoms with E-state index in [-0.39, 0.29) is 18.1 Å². The van der Waals surface area contributed by atoms with E-state index in [9.17, 15) is 4.79 Å². The number of likely N-dealkylation sites (tertiary alicyclic amines) is 1. The highest BCUT2D eigenvalue weighted by molar-refractivity contribution is 7.10. The molecule has 2 aromatic heterocycles. The lowest BCUT2D eigenvalue weighted by Gasteiger charge is -2.27. The summed E-state index contributed by atoms with van der Waals surface area (Å²) in [6, 6.07) is 8.26. The molecule has 0 unspecified atom stereocenters. The van der Waals surface area contributed by atoms with Gasteiger partial charge in [-0.05, 0) is 50.5 Å². The van der Waals surface area contributed by atoms with Crippen molar-refractivity contribution in [2.45, 2.75) is 24.9 Å². The minimum atomic E-state index is 0.0132. The van der Waals surface area contributed by atoms with Crippen LogP contribution in [-0.2, 0) is 0 Å². The Kier molecular flexibility index (Phi) is 5.03. The van der Waals surface area contributed by atoms with Gasteiger partial charge in [0.15, 0.2) is 0 Å². The van der Waals surface area contributed by atoms with Gasteiger partial charge in [0.2, 0.25) is 0 Å². The second kappa shape index (κ2) is 7.19. The van der Waals surface area contributed by atoms with Crippen LogP contribution in [0.25, 0.3) is 0 Å². The Morgan fingerprint density at radius 2 is 2.35 bits per heavy atom. The molecule has 0 radical (unpaired) electrons. The van der Waals surface area contributed by atoms with Crippen LogP contribution in [0.5, 0.6) is 0 Å². The summed E-state index contributed by atoms with van der Waals surface area (Å²) in [5, 5.41) is 5.15. The first-order valence-electron chi connectivity index (χ1n) is 7.94. The van der Waals surface area contributed by atoms with Crippen molar-refractivity contribution >= 4 is 17.4 Å². The zero-order chi connectivity index (χ0) is 16.2. The number of hydrogen-bond donors (Lipinski definition) is 1. The number of likely N-dealkylation sites (N-methyl/N-ethyl adjacent to an activating group) is 1. The number of carbonyl (C=O) groups is 1. The Hall–Kier alpha value is -1.79. The number of rotatable bonds is 5. The summed E-state index contributed by atoms with van der Waals surface area (Å²) in [4.78, 5) is 17.9. The number of thiophene rings is 1. The molecular formula is C17H23N3O2S. The third-order valence-electron chi connectivity index (χ3n) is 4.33. The van der Waals surface area contributed by atoms with Crippen LogP contribution in [-0.4, -0.2) is 43.0 Å². The summed E-state index contributed by atoms with van der Waals surface area (Å²) in [7, 11) is 3.98. The highest BCUT2D eigenvalue weighted by Crippen LogP contribution is 2.34. The molecule has 124 valence electrons. The van der Waals surface area contributed by atoms with Crippen LogP contribution in [0.3, 0.4) is 0 Å². The highest BCUT2D eigenvalue weighted by atomic mass is 32.1. The molecule has 1 aliphatic rings. The summed E-state index contributed by atoms with van der Waals surface area (Å²) in [6.07, 6.45) is 3.77. The molecule has 1 fully saturated rings. The van der Waals surface area contributed by atoms with Crippen LogP contribution < -0.4 is 5.32 Å². The van der Waals surface area contributed by atoms with Crippen LogP contribution >= 0.6 is 11.3 Å². The maximum Gasteiger partial charge on any atom is 0.318 e. The minimum Gasteiger partial charge on any atom is -0.468 e. The van der Waals surface area contributed by atoms with Gasteiger partial charge in [0.05, 0.1) is 18.3 Å². The van der Waals surface area contributed by atoms with Gasteiger partial charge in [0.1, 0.15) is 5.76 Å². The highest BCUT2D eigenvalue weighted by Gasteiger charge is 2.31. The fourth-order valence-corrected chi connectivity index (χ4v) is 3.96. The van der Waals surface area contributed by atoms with Crippen molar-refractivity contribution < 1.29 is 9.21 Å². The van der Waals surface area contributed by atoms with Gasteiger partial charge in [-0.2, -0.15) is 0 Å². The molecule has 23 heavy (non-hydrogen) atoms. The largest absolute Gasteiger partial charge is 0.468 e. The van der Waals surface area contributed by atoms with Crippen molar-refractivity contribution in [2.24, 2.45) is 0 Å². The molecule has 5 nitrogen and oxygen atoms in total. The number of amides is 2. The number of nitrogens with one attached hydrogen (secondary N) is 1. The summed E-state index contributed by atoms with van der Waals surface area (Å²) in [5.74, 6) is 0.867. The lowest BCUT2D eigenvalue weighted by Crippen LogP contribution is -2.42. The van der Waals surface area contributed by atoms with Crippen molar-refractivity contribution in [1.82, 2.24) is 15.1 Å². The third-order valence-corrected chi connectivity index (χ3v) is 5.30. The van der Waals surface area contributed by atoms with Crippen molar-refractivity contribution in [3.8, 4) is 0 Å². The molecule has 2 aromatic rings. The first kappa shape index (κ1) is 16.1. The fraction of sp³-hybridized carbons (Fsp3) is 0.471. The predicted molar refractivity (Wildman–Crippen MR) is 91.5 cm³/mol. The monoisotopic (exact) mass is 333 g/mol. The zero-order valence-electron chi connectivity index (χ0n) is 13.6. The lowest BCUT2D eigenvalue weighted by molar-refractivity contribution is 0.185. The first-order valence-corrected chi connectivity index (χ1v) is 8.82. The number of hydrogen-bond acceptors (Lipinski definition) is 4. The van der Waals surface area contributed by atoms with Crippen molar-refractivity contribution in [3.05, 3.63) is 46.5 Å². The lowest BCUT2D eigenvalue weighted by atomic mass is 10.2. The maximum atomic E-state index is 12.6. The van der Waals surface area contributed by atoms with Crippen molar-refractivity contribution in [1.29, 1.82) is 0 Å². The molecule has 0 aliphatic carbocycles. The second-order valence-electron chi connectivity index (χ2n) is 6.05. The van der Waals surface area contributed by atoms with Crippen LogP contribution in [0.2, 0.25) is 0 Å². The van der Waals surface area contributed by atoms with Crippen LogP contribution in [0.1, 0.15) is 35.6 Å². The maximum absolute atomic E-state index is 12.6. The number of furan rings is 1. The topological polar surface area (TPSA) is 48.7 Å².